The van der Waals surface area contributed by atoms with Gasteiger partial charge in [0.15, 0.2) is 0 Å². The van der Waals surface area contributed by atoms with Crippen LogP contribution in [0.15, 0.2) is 22.7 Å². The van der Waals surface area contributed by atoms with Crippen LogP contribution in [0.25, 0.3) is 0 Å². The molecule has 2 N–H and O–H groups in total. The number of hydrogen-bond acceptors (Lipinski definition) is 3. The van der Waals surface area contributed by atoms with E-state index in [-0.39, 0.29) is 30.8 Å². The van der Waals surface area contributed by atoms with E-state index < -0.39 is 0 Å². The topological polar surface area (TPSA) is 52.3 Å². The summed E-state index contributed by atoms with van der Waals surface area (Å²) in [6.07, 6.45) is 0.212. The second kappa shape index (κ2) is 7.69. The van der Waals surface area contributed by atoms with Gasteiger partial charge in [0.2, 0.25) is 0 Å². The number of nitrogens with two attached hydrogens (primary N) is 1. The number of carbonyl (C=O) groups excluding carboxylic acids is 1. The van der Waals surface area contributed by atoms with Crippen molar-refractivity contribution in [3.8, 4) is 0 Å². The Morgan fingerprint density at radius 2 is 2.18 bits per heavy atom. The Hall–Kier alpha value is -0.580. The van der Waals surface area contributed by atoms with E-state index in [1.165, 1.54) is 0 Å². The van der Waals surface area contributed by atoms with E-state index in [2.05, 4.69) is 15.9 Å². The summed E-state index contributed by atoms with van der Waals surface area (Å²) in [6.45, 7) is 4.18. The van der Waals surface area contributed by atoms with Crippen molar-refractivity contribution in [1.82, 2.24) is 0 Å². The van der Waals surface area contributed by atoms with Gasteiger partial charge >= 0.3 is 5.97 Å². The van der Waals surface area contributed by atoms with Crippen LogP contribution in [0.2, 0.25) is 0 Å². The highest BCUT2D eigenvalue weighted by atomic mass is 79.9. The second-order valence-corrected chi connectivity index (χ2v) is 4.48. The minimum atomic E-state index is -0.309. The molecular formula is C12H17BrClNO2. The first-order chi connectivity index (χ1) is 7.54. The smallest absolute Gasteiger partial charge is 0.307 e. The lowest BCUT2D eigenvalue weighted by Crippen LogP contribution is -2.17. The molecule has 0 unspecified atom stereocenters. The summed E-state index contributed by atoms with van der Waals surface area (Å²) in [5, 5.41) is 0. The van der Waals surface area contributed by atoms with Gasteiger partial charge in [-0.1, -0.05) is 28.1 Å². The fourth-order valence-electron chi connectivity index (χ4n) is 1.36. The van der Waals surface area contributed by atoms with E-state index in [0.29, 0.717) is 6.61 Å². The molecule has 0 saturated heterocycles. The quantitative estimate of drug-likeness (QED) is 0.867. The molecular weight excluding hydrogens is 305 g/mol. The lowest BCUT2D eigenvalue weighted by Gasteiger charge is -2.12. The molecule has 3 nitrogen and oxygen atoms in total. The number of hydrogen-bond donors (Lipinski definition) is 1. The minimum absolute atomic E-state index is 0. The van der Waals surface area contributed by atoms with Crippen LogP contribution in [0.3, 0.4) is 0 Å². The minimum Gasteiger partial charge on any atom is -0.466 e. The molecule has 0 radical (unpaired) electrons. The van der Waals surface area contributed by atoms with Crippen LogP contribution in [-0.2, 0) is 9.53 Å². The molecule has 0 aromatic heterocycles. The van der Waals surface area contributed by atoms with Gasteiger partial charge < -0.3 is 10.5 Å². The van der Waals surface area contributed by atoms with E-state index in [1.54, 1.807) is 6.92 Å². The zero-order chi connectivity index (χ0) is 12.1. The third-order valence-electron chi connectivity index (χ3n) is 2.32. The van der Waals surface area contributed by atoms with Crippen LogP contribution in [0, 0.1) is 6.92 Å². The molecule has 0 spiro atoms. The third kappa shape index (κ3) is 5.06. The van der Waals surface area contributed by atoms with Crippen molar-refractivity contribution in [3.05, 3.63) is 33.8 Å². The summed E-state index contributed by atoms with van der Waals surface area (Å²) < 4.78 is 5.86. The Kier molecular flexibility index (Phi) is 7.43. The molecule has 0 aliphatic carbocycles. The molecule has 0 aliphatic heterocycles. The average molecular weight is 323 g/mol. The van der Waals surface area contributed by atoms with Gasteiger partial charge in [0.05, 0.1) is 13.0 Å². The van der Waals surface area contributed by atoms with Crippen molar-refractivity contribution in [2.75, 3.05) is 6.61 Å². The number of esters is 1. The highest BCUT2D eigenvalue weighted by molar-refractivity contribution is 9.10. The maximum Gasteiger partial charge on any atom is 0.307 e. The number of aryl methyl sites for hydroxylation is 1. The monoisotopic (exact) mass is 321 g/mol. The van der Waals surface area contributed by atoms with Crippen LogP contribution in [-0.4, -0.2) is 12.6 Å². The Labute approximate surface area is 116 Å². The fraction of sp³-hybridized carbons (Fsp3) is 0.417. The zero-order valence-corrected chi connectivity index (χ0v) is 12.3. The molecule has 1 aromatic rings. The molecule has 0 amide bonds. The lowest BCUT2D eigenvalue weighted by molar-refractivity contribution is -0.143. The number of rotatable bonds is 4. The summed E-state index contributed by atoms with van der Waals surface area (Å²) in [4.78, 5) is 11.3. The van der Waals surface area contributed by atoms with E-state index >= 15 is 0 Å². The van der Waals surface area contributed by atoms with Crippen LogP contribution in [0.5, 0.6) is 0 Å². The normalized spacial score (nSPS) is 11.5. The Morgan fingerprint density at radius 1 is 1.53 bits per heavy atom. The highest BCUT2D eigenvalue weighted by Gasteiger charge is 2.12. The SMILES string of the molecule is CCOC(=O)C[C@@H](N)c1ccc(C)c(Br)c1.Cl. The maximum absolute atomic E-state index is 11.3. The molecule has 1 atom stereocenters. The first kappa shape index (κ1) is 16.4. The van der Waals surface area contributed by atoms with Gasteiger partial charge in [-0.2, -0.15) is 0 Å². The predicted molar refractivity (Wildman–Crippen MR) is 74.3 cm³/mol. The number of benzene rings is 1. The van der Waals surface area contributed by atoms with Crippen molar-refractivity contribution in [3.63, 3.8) is 0 Å². The molecule has 0 fully saturated rings. The van der Waals surface area contributed by atoms with E-state index in [1.807, 2.05) is 25.1 Å². The summed E-state index contributed by atoms with van der Waals surface area (Å²) in [5.41, 5.74) is 8.00. The first-order valence-corrected chi connectivity index (χ1v) is 6.01. The number of carbonyl (C=O) groups is 1. The summed E-state index contributed by atoms with van der Waals surface area (Å²) >= 11 is 3.44. The van der Waals surface area contributed by atoms with Crippen molar-refractivity contribution in [1.29, 1.82) is 0 Å². The van der Waals surface area contributed by atoms with Crippen molar-refractivity contribution >= 4 is 34.3 Å². The maximum atomic E-state index is 11.3. The Morgan fingerprint density at radius 3 is 2.71 bits per heavy atom. The van der Waals surface area contributed by atoms with Crippen LogP contribution in [0.1, 0.15) is 30.5 Å². The molecule has 5 heteroatoms. The largest absolute Gasteiger partial charge is 0.466 e. The molecule has 17 heavy (non-hydrogen) atoms. The summed E-state index contributed by atoms with van der Waals surface area (Å²) in [5.74, 6) is -0.258. The summed E-state index contributed by atoms with van der Waals surface area (Å²) in [7, 11) is 0. The van der Waals surface area contributed by atoms with Gasteiger partial charge in [-0.3, -0.25) is 4.79 Å². The van der Waals surface area contributed by atoms with Gasteiger partial charge in [0, 0.05) is 10.5 Å². The standard InChI is InChI=1S/C12H16BrNO2.ClH/c1-3-16-12(15)7-11(14)9-5-4-8(2)10(13)6-9;/h4-6,11H,3,7,14H2,1-2H3;1H/t11-;/m1./s1. The van der Waals surface area contributed by atoms with Gasteiger partial charge in [0.25, 0.3) is 0 Å². The van der Waals surface area contributed by atoms with Gasteiger partial charge in [-0.25, -0.2) is 0 Å². The number of ether oxygens (including phenoxy) is 1. The molecule has 0 saturated carbocycles. The van der Waals surface area contributed by atoms with Gasteiger partial charge in [-0.05, 0) is 31.0 Å². The Bertz CT molecular complexity index is 385. The molecule has 1 aromatic carbocycles. The fourth-order valence-corrected chi connectivity index (χ4v) is 1.75. The molecule has 1 rings (SSSR count). The molecule has 96 valence electrons. The molecule has 0 bridgehead atoms. The Balaban J connectivity index is 0.00000256. The van der Waals surface area contributed by atoms with Crippen LogP contribution in [0.4, 0.5) is 0 Å². The van der Waals surface area contributed by atoms with Crippen molar-refractivity contribution in [2.24, 2.45) is 5.73 Å². The van der Waals surface area contributed by atoms with E-state index in [9.17, 15) is 4.79 Å². The van der Waals surface area contributed by atoms with E-state index in [0.717, 1.165) is 15.6 Å². The molecule has 0 aliphatic rings. The predicted octanol–water partition coefficient (Wildman–Crippen LogP) is 3.13. The van der Waals surface area contributed by atoms with E-state index in [4.69, 9.17) is 10.5 Å². The van der Waals surface area contributed by atoms with Crippen LogP contribution < -0.4 is 5.73 Å². The third-order valence-corrected chi connectivity index (χ3v) is 3.17. The first-order valence-electron chi connectivity index (χ1n) is 5.21. The van der Waals surface area contributed by atoms with Gasteiger partial charge in [-0.15, -0.1) is 12.4 Å². The average Bonchev–Trinajstić information content (AvgIpc) is 2.22. The lowest BCUT2D eigenvalue weighted by atomic mass is 10.0. The molecule has 0 heterocycles. The van der Waals surface area contributed by atoms with Crippen molar-refractivity contribution < 1.29 is 9.53 Å². The second-order valence-electron chi connectivity index (χ2n) is 3.62. The van der Waals surface area contributed by atoms with Crippen molar-refractivity contribution in [2.45, 2.75) is 26.3 Å². The summed E-state index contributed by atoms with van der Waals surface area (Å²) in [6, 6.07) is 5.55. The van der Waals surface area contributed by atoms with Gasteiger partial charge in [0.1, 0.15) is 0 Å². The highest BCUT2D eigenvalue weighted by Crippen LogP contribution is 2.22. The van der Waals surface area contributed by atoms with Crippen LogP contribution >= 0.6 is 28.3 Å². The number of halogens is 2. The zero-order valence-electron chi connectivity index (χ0n) is 9.90.